The summed E-state index contributed by atoms with van der Waals surface area (Å²) in [6, 6.07) is 33.8. The molecule has 30 heavy (non-hydrogen) atoms. The molecule has 0 spiro atoms. The van der Waals surface area contributed by atoms with Gasteiger partial charge in [0.25, 0.3) is 0 Å². The minimum atomic E-state index is 1.03. The first kappa shape index (κ1) is 16.8. The van der Waals surface area contributed by atoms with Crippen LogP contribution in [0.3, 0.4) is 0 Å². The molecule has 142 valence electrons. The number of rotatable bonds is 0. The highest BCUT2D eigenvalue weighted by Crippen LogP contribution is 2.38. The maximum absolute atomic E-state index is 4.06. The van der Waals surface area contributed by atoms with Gasteiger partial charge in [-0.1, -0.05) is 78.9 Å². The number of aromatic nitrogens is 3. The van der Waals surface area contributed by atoms with Crippen LogP contribution in [0.1, 0.15) is 0 Å². The number of benzene rings is 5. The Kier molecular flexibility index (Phi) is 3.78. The lowest BCUT2D eigenvalue weighted by molar-refractivity contribution is 1.34. The van der Waals surface area contributed by atoms with Crippen LogP contribution in [-0.4, -0.2) is 15.0 Å². The van der Waals surface area contributed by atoms with Crippen LogP contribution in [0.2, 0.25) is 0 Å². The molecule has 7 rings (SSSR count). The van der Waals surface area contributed by atoms with Crippen molar-refractivity contribution in [2.75, 3.05) is 0 Å². The number of aromatic amines is 2. The monoisotopic (exact) mass is 385 g/mol. The zero-order valence-electron chi connectivity index (χ0n) is 16.3. The van der Waals surface area contributed by atoms with E-state index in [2.05, 4.69) is 87.7 Å². The lowest BCUT2D eigenvalue weighted by atomic mass is 9.97. The zero-order valence-corrected chi connectivity index (χ0v) is 16.3. The van der Waals surface area contributed by atoms with Crippen LogP contribution < -0.4 is 0 Å². The molecule has 0 aliphatic carbocycles. The van der Waals surface area contributed by atoms with Crippen molar-refractivity contribution < 1.29 is 0 Å². The molecule has 0 atom stereocenters. The summed E-state index contributed by atoms with van der Waals surface area (Å²) in [6.07, 6.45) is 1.70. The topological polar surface area (TPSA) is 44.5 Å². The minimum absolute atomic E-state index is 1.03. The molecule has 0 bridgehead atoms. The third kappa shape index (κ3) is 2.56. The van der Waals surface area contributed by atoms with E-state index >= 15 is 0 Å². The molecule has 0 unspecified atom stereocenters. The van der Waals surface area contributed by atoms with E-state index in [4.69, 9.17) is 0 Å². The van der Waals surface area contributed by atoms with Crippen molar-refractivity contribution in [2.45, 2.75) is 0 Å². The predicted molar refractivity (Wildman–Crippen MR) is 127 cm³/mol. The van der Waals surface area contributed by atoms with Gasteiger partial charge in [0.05, 0.1) is 22.9 Å². The summed E-state index contributed by atoms with van der Waals surface area (Å²) in [7, 11) is 0. The number of fused-ring (bicyclic) bond motifs is 9. The average Bonchev–Trinajstić information content (AvgIpc) is 3.45. The SMILES string of the molecule is c1ccc2[nH]cnc2c1.c1ccc2c(c1)[nH]c1c3ccccc3c3ccccc3c21. The summed E-state index contributed by atoms with van der Waals surface area (Å²) in [4.78, 5) is 10.7. The molecule has 0 saturated carbocycles. The summed E-state index contributed by atoms with van der Waals surface area (Å²) < 4.78 is 0. The van der Waals surface area contributed by atoms with Gasteiger partial charge in [0, 0.05) is 21.7 Å². The van der Waals surface area contributed by atoms with Crippen molar-refractivity contribution in [2.24, 2.45) is 0 Å². The van der Waals surface area contributed by atoms with Crippen LogP contribution in [0.4, 0.5) is 0 Å². The van der Waals surface area contributed by atoms with Gasteiger partial charge in [-0.3, -0.25) is 0 Å². The second-order valence-electron chi connectivity index (χ2n) is 7.43. The zero-order chi connectivity index (χ0) is 19.9. The van der Waals surface area contributed by atoms with E-state index in [-0.39, 0.29) is 0 Å². The maximum atomic E-state index is 4.06. The van der Waals surface area contributed by atoms with Gasteiger partial charge in [0.1, 0.15) is 0 Å². The Morgan fingerprint density at radius 2 is 1.07 bits per heavy atom. The fraction of sp³-hybridized carbons (Fsp3) is 0. The lowest BCUT2D eigenvalue weighted by Gasteiger charge is -2.06. The Balaban J connectivity index is 0.000000163. The van der Waals surface area contributed by atoms with Crippen LogP contribution >= 0.6 is 0 Å². The minimum Gasteiger partial charge on any atom is -0.354 e. The summed E-state index contributed by atoms with van der Waals surface area (Å²) >= 11 is 0. The van der Waals surface area contributed by atoms with Crippen LogP contribution in [0.25, 0.3) is 54.4 Å². The molecule has 5 aromatic carbocycles. The maximum Gasteiger partial charge on any atom is 0.0931 e. The van der Waals surface area contributed by atoms with Crippen LogP contribution in [0.15, 0.2) is 103 Å². The molecule has 3 nitrogen and oxygen atoms in total. The largest absolute Gasteiger partial charge is 0.354 e. The van der Waals surface area contributed by atoms with Crippen LogP contribution in [0, 0.1) is 0 Å². The first-order chi connectivity index (χ1) is 14.9. The molecular weight excluding hydrogens is 366 g/mol. The van der Waals surface area contributed by atoms with Crippen molar-refractivity contribution in [3.05, 3.63) is 103 Å². The van der Waals surface area contributed by atoms with Gasteiger partial charge in [-0.2, -0.15) is 0 Å². The first-order valence-electron chi connectivity index (χ1n) is 10.1. The second kappa shape index (κ2) is 6.75. The van der Waals surface area contributed by atoms with Crippen molar-refractivity contribution >= 4 is 54.4 Å². The van der Waals surface area contributed by atoms with Gasteiger partial charge in [-0.15, -0.1) is 0 Å². The van der Waals surface area contributed by atoms with E-state index < -0.39 is 0 Å². The molecule has 3 heteroatoms. The van der Waals surface area contributed by atoms with E-state index in [9.17, 15) is 0 Å². The van der Waals surface area contributed by atoms with Gasteiger partial charge in [-0.25, -0.2) is 4.98 Å². The molecule has 0 saturated heterocycles. The smallest absolute Gasteiger partial charge is 0.0931 e. The van der Waals surface area contributed by atoms with Gasteiger partial charge < -0.3 is 9.97 Å². The van der Waals surface area contributed by atoms with Crippen molar-refractivity contribution in [1.29, 1.82) is 0 Å². The fourth-order valence-electron chi connectivity index (χ4n) is 4.38. The molecule has 7 aromatic rings. The first-order valence-corrected chi connectivity index (χ1v) is 10.1. The fourth-order valence-corrected chi connectivity index (χ4v) is 4.38. The number of nitrogens with zero attached hydrogens (tertiary/aromatic N) is 1. The molecule has 2 aromatic heterocycles. The number of imidazole rings is 1. The number of nitrogens with one attached hydrogen (secondary N) is 2. The number of hydrogen-bond donors (Lipinski definition) is 2. The normalized spacial score (nSPS) is 11.3. The third-order valence-electron chi connectivity index (χ3n) is 5.72. The molecule has 2 heterocycles. The Labute approximate surface area is 173 Å². The van der Waals surface area contributed by atoms with Crippen molar-refractivity contribution in [3.8, 4) is 0 Å². The highest BCUT2D eigenvalue weighted by molar-refractivity contribution is 6.31. The molecule has 0 radical (unpaired) electrons. The molecule has 0 aliphatic rings. The molecule has 0 amide bonds. The van der Waals surface area contributed by atoms with Crippen LogP contribution in [0.5, 0.6) is 0 Å². The van der Waals surface area contributed by atoms with E-state index in [1.165, 1.54) is 43.4 Å². The van der Waals surface area contributed by atoms with E-state index in [0.717, 1.165) is 11.0 Å². The number of H-pyrrole nitrogens is 2. The lowest BCUT2D eigenvalue weighted by Crippen LogP contribution is -1.80. The summed E-state index contributed by atoms with van der Waals surface area (Å²) in [5, 5.41) is 7.89. The highest BCUT2D eigenvalue weighted by Gasteiger charge is 2.12. The van der Waals surface area contributed by atoms with E-state index in [1.54, 1.807) is 6.33 Å². The molecule has 0 aliphatic heterocycles. The van der Waals surface area contributed by atoms with Crippen LogP contribution in [-0.2, 0) is 0 Å². The predicted octanol–water partition coefficient (Wildman–Crippen LogP) is 7.19. The summed E-state index contributed by atoms with van der Waals surface area (Å²) in [5.74, 6) is 0. The Morgan fingerprint density at radius 3 is 1.83 bits per heavy atom. The number of para-hydroxylation sites is 3. The highest BCUT2D eigenvalue weighted by atomic mass is 14.9. The Hall–Kier alpha value is -4.11. The summed E-state index contributed by atoms with van der Waals surface area (Å²) in [6.45, 7) is 0. The van der Waals surface area contributed by atoms with E-state index in [0.29, 0.717) is 0 Å². The molecule has 0 fully saturated rings. The standard InChI is InChI=1S/C20H13N.C7H6N2/c1-3-9-15-13(7-1)14-8-2-4-10-16(14)20-19(15)17-11-5-6-12-18(17)21-20;1-2-4-7-6(3-1)8-5-9-7/h1-12,21H;1-5H,(H,8,9). The Bertz CT molecular complexity index is 1620. The summed E-state index contributed by atoms with van der Waals surface area (Å²) in [5.41, 5.74) is 4.56. The van der Waals surface area contributed by atoms with Gasteiger partial charge in [0.15, 0.2) is 0 Å². The molecular formula is C27H19N3. The third-order valence-corrected chi connectivity index (χ3v) is 5.72. The average molecular weight is 385 g/mol. The Morgan fingerprint density at radius 1 is 0.500 bits per heavy atom. The van der Waals surface area contributed by atoms with E-state index in [1.807, 2.05) is 24.3 Å². The second-order valence-corrected chi connectivity index (χ2v) is 7.43. The van der Waals surface area contributed by atoms with Crippen molar-refractivity contribution in [3.63, 3.8) is 0 Å². The van der Waals surface area contributed by atoms with Crippen molar-refractivity contribution in [1.82, 2.24) is 15.0 Å². The molecule has 2 N–H and O–H groups in total. The number of hydrogen-bond acceptors (Lipinski definition) is 1. The quantitative estimate of drug-likeness (QED) is 0.267. The van der Waals surface area contributed by atoms with Gasteiger partial charge in [0.2, 0.25) is 0 Å². The van der Waals surface area contributed by atoms with Gasteiger partial charge in [-0.05, 0) is 34.4 Å². The van der Waals surface area contributed by atoms with Gasteiger partial charge >= 0.3 is 0 Å².